The lowest BCUT2D eigenvalue weighted by atomic mass is 10.2. The van der Waals surface area contributed by atoms with Crippen LogP contribution < -0.4 is 5.32 Å². The lowest BCUT2D eigenvalue weighted by Crippen LogP contribution is -2.12. The average Bonchev–Trinajstić information content (AvgIpc) is 2.85. The Hall–Kier alpha value is -2.65. The number of nitrogens with one attached hydrogen (secondary N) is 1. The molecule has 0 unspecified atom stereocenters. The smallest absolute Gasteiger partial charge is 0.277 e. The Labute approximate surface area is 114 Å². The van der Waals surface area contributed by atoms with Crippen LogP contribution in [-0.4, -0.2) is 22.8 Å². The Balaban J connectivity index is 2.14. The van der Waals surface area contributed by atoms with E-state index in [1.165, 1.54) is 18.2 Å². The van der Waals surface area contributed by atoms with Crippen molar-refractivity contribution in [3.8, 4) is 11.8 Å². The van der Waals surface area contributed by atoms with Crippen molar-refractivity contribution in [2.75, 3.05) is 11.9 Å². The summed E-state index contributed by atoms with van der Waals surface area (Å²) in [4.78, 5) is 11.8. The maximum Gasteiger partial charge on any atom is 0.277 e. The third-order valence-corrected chi connectivity index (χ3v) is 2.39. The number of aliphatic hydroxyl groups is 1. The zero-order valence-corrected chi connectivity index (χ0v) is 10.6. The molecule has 1 aromatic heterocycles. The summed E-state index contributed by atoms with van der Waals surface area (Å²) in [5.41, 5.74) is 0.545. The lowest BCUT2D eigenvalue weighted by molar-refractivity contribution is 0.101. The second-order valence-electron chi connectivity index (χ2n) is 3.93. The van der Waals surface area contributed by atoms with Gasteiger partial charge in [0.25, 0.3) is 5.91 Å². The predicted octanol–water partition coefficient (Wildman–Crippen LogP) is 1.72. The third-order valence-electron chi connectivity index (χ3n) is 2.39. The van der Waals surface area contributed by atoms with Crippen LogP contribution in [0.3, 0.4) is 0 Å². The van der Waals surface area contributed by atoms with E-state index in [1.54, 1.807) is 6.92 Å². The van der Waals surface area contributed by atoms with Crippen molar-refractivity contribution in [2.45, 2.75) is 6.92 Å². The van der Waals surface area contributed by atoms with Crippen LogP contribution in [0.2, 0.25) is 0 Å². The summed E-state index contributed by atoms with van der Waals surface area (Å²) in [6.45, 7) is 1.32. The number of aliphatic hydroxyl groups excluding tert-OH is 1. The van der Waals surface area contributed by atoms with Gasteiger partial charge in [0, 0.05) is 11.8 Å². The van der Waals surface area contributed by atoms with Gasteiger partial charge >= 0.3 is 0 Å². The Morgan fingerprint density at radius 3 is 2.90 bits per heavy atom. The maximum absolute atomic E-state index is 13.7. The first-order valence-electron chi connectivity index (χ1n) is 5.74. The summed E-state index contributed by atoms with van der Waals surface area (Å²) < 4.78 is 18.4. The van der Waals surface area contributed by atoms with Crippen LogP contribution in [0.15, 0.2) is 28.8 Å². The van der Waals surface area contributed by atoms with E-state index >= 15 is 0 Å². The van der Waals surface area contributed by atoms with Gasteiger partial charge in [0.15, 0.2) is 5.69 Å². The Morgan fingerprint density at radius 2 is 2.30 bits per heavy atom. The highest BCUT2D eigenvalue weighted by atomic mass is 19.1. The molecule has 1 aromatic carbocycles. The van der Waals surface area contributed by atoms with Gasteiger partial charge in [-0.15, -0.1) is 0 Å². The van der Waals surface area contributed by atoms with E-state index in [0.29, 0.717) is 5.76 Å². The molecule has 0 saturated heterocycles. The molecular weight excluding hydrogens is 263 g/mol. The molecule has 0 aliphatic rings. The molecule has 5 nitrogen and oxygen atoms in total. The topological polar surface area (TPSA) is 75.4 Å². The van der Waals surface area contributed by atoms with Crippen molar-refractivity contribution in [2.24, 2.45) is 0 Å². The number of aromatic nitrogens is 1. The first-order chi connectivity index (χ1) is 9.60. The van der Waals surface area contributed by atoms with Crippen LogP contribution in [0.25, 0.3) is 0 Å². The zero-order chi connectivity index (χ0) is 14.5. The van der Waals surface area contributed by atoms with Crippen molar-refractivity contribution in [3.05, 3.63) is 47.1 Å². The second-order valence-corrected chi connectivity index (χ2v) is 3.93. The molecule has 6 heteroatoms. The maximum atomic E-state index is 13.7. The van der Waals surface area contributed by atoms with E-state index in [9.17, 15) is 9.18 Å². The number of nitrogens with zero attached hydrogens (tertiary/aromatic N) is 1. The Morgan fingerprint density at radius 1 is 1.50 bits per heavy atom. The SMILES string of the molecule is Cc1cc(C(=O)Nc2ccc(C#CCO)c(F)c2)no1. The fourth-order valence-electron chi connectivity index (χ4n) is 1.50. The van der Waals surface area contributed by atoms with Gasteiger partial charge in [0.05, 0.1) is 5.56 Å². The fraction of sp³-hybridized carbons (Fsp3) is 0.143. The molecule has 0 atom stereocenters. The summed E-state index contributed by atoms with van der Waals surface area (Å²) >= 11 is 0. The number of hydrogen-bond donors (Lipinski definition) is 2. The van der Waals surface area contributed by atoms with Gasteiger partial charge in [-0.3, -0.25) is 4.79 Å². The van der Waals surface area contributed by atoms with E-state index in [0.717, 1.165) is 6.07 Å². The van der Waals surface area contributed by atoms with Gasteiger partial charge < -0.3 is 14.9 Å². The molecule has 0 bridgehead atoms. The van der Waals surface area contributed by atoms with Gasteiger partial charge in [-0.05, 0) is 25.1 Å². The molecule has 0 aliphatic carbocycles. The molecular formula is C14H11FN2O3. The van der Waals surface area contributed by atoms with E-state index < -0.39 is 11.7 Å². The van der Waals surface area contributed by atoms with E-state index in [-0.39, 0.29) is 23.6 Å². The van der Waals surface area contributed by atoms with Crippen molar-refractivity contribution in [3.63, 3.8) is 0 Å². The van der Waals surface area contributed by atoms with E-state index in [4.69, 9.17) is 9.63 Å². The molecule has 0 aliphatic heterocycles. The van der Waals surface area contributed by atoms with Crippen molar-refractivity contribution in [1.29, 1.82) is 0 Å². The molecule has 1 heterocycles. The Bertz CT molecular complexity index is 698. The molecule has 2 rings (SSSR count). The van der Waals surface area contributed by atoms with Crippen molar-refractivity contribution >= 4 is 11.6 Å². The molecule has 2 N–H and O–H groups in total. The minimum absolute atomic E-state index is 0.118. The summed E-state index contributed by atoms with van der Waals surface area (Å²) in [6.07, 6.45) is 0. The standard InChI is InChI=1S/C14H11FN2O3/c1-9-7-13(17-20-9)14(19)16-11-5-4-10(3-2-6-18)12(15)8-11/h4-5,7-8,18H,6H2,1H3,(H,16,19). The normalized spacial score (nSPS) is 9.75. The van der Waals surface area contributed by atoms with Gasteiger partial charge in [0.2, 0.25) is 0 Å². The molecule has 102 valence electrons. The van der Waals surface area contributed by atoms with Crippen molar-refractivity contribution in [1.82, 2.24) is 5.16 Å². The highest BCUT2D eigenvalue weighted by Crippen LogP contribution is 2.15. The predicted molar refractivity (Wildman–Crippen MR) is 69.6 cm³/mol. The minimum atomic E-state index is -0.583. The van der Waals surface area contributed by atoms with Gasteiger partial charge in [0.1, 0.15) is 18.2 Å². The second kappa shape index (κ2) is 5.99. The number of anilines is 1. The van der Waals surface area contributed by atoms with Crippen LogP contribution in [0.5, 0.6) is 0 Å². The van der Waals surface area contributed by atoms with E-state index in [2.05, 4.69) is 22.3 Å². The number of hydrogen-bond acceptors (Lipinski definition) is 4. The van der Waals surface area contributed by atoms with Gasteiger partial charge in [-0.1, -0.05) is 17.0 Å². The third kappa shape index (κ3) is 3.22. The summed E-state index contributed by atoms with van der Waals surface area (Å²) in [5.74, 6) is 4.25. The first kappa shape index (κ1) is 13.8. The molecule has 0 saturated carbocycles. The van der Waals surface area contributed by atoms with Crippen LogP contribution in [0.4, 0.5) is 10.1 Å². The fourth-order valence-corrected chi connectivity index (χ4v) is 1.50. The number of rotatable bonds is 2. The van der Waals surface area contributed by atoms with Crippen LogP contribution in [0.1, 0.15) is 21.8 Å². The molecule has 20 heavy (non-hydrogen) atoms. The number of aryl methyl sites for hydroxylation is 1. The van der Waals surface area contributed by atoms with Crippen LogP contribution in [0, 0.1) is 24.6 Å². The van der Waals surface area contributed by atoms with E-state index in [1.807, 2.05) is 0 Å². The quantitative estimate of drug-likeness (QED) is 0.818. The number of halogens is 1. The van der Waals surface area contributed by atoms with Crippen LogP contribution >= 0.6 is 0 Å². The first-order valence-corrected chi connectivity index (χ1v) is 5.74. The molecule has 0 fully saturated rings. The van der Waals surface area contributed by atoms with Crippen molar-refractivity contribution < 1.29 is 18.8 Å². The van der Waals surface area contributed by atoms with Gasteiger partial charge in [-0.25, -0.2) is 4.39 Å². The summed E-state index contributed by atoms with van der Waals surface area (Å²) in [7, 11) is 0. The molecule has 0 radical (unpaired) electrons. The van der Waals surface area contributed by atoms with Gasteiger partial charge in [-0.2, -0.15) is 0 Å². The molecule has 2 aromatic rings. The molecule has 0 spiro atoms. The number of carbonyl (C=O) groups is 1. The number of benzene rings is 1. The summed E-state index contributed by atoms with van der Waals surface area (Å²) in [6, 6.07) is 5.55. The van der Waals surface area contributed by atoms with Crippen LogP contribution in [-0.2, 0) is 0 Å². The highest BCUT2D eigenvalue weighted by molar-refractivity contribution is 6.02. The zero-order valence-electron chi connectivity index (χ0n) is 10.6. The monoisotopic (exact) mass is 274 g/mol. The number of amides is 1. The largest absolute Gasteiger partial charge is 0.384 e. The average molecular weight is 274 g/mol. The molecule has 1 amide bonds. The highest BCUT2D eigenvalue weighted by Gasteiger charge is 2.11. The number of carbonyl (C=O) groups excluding carboxylic acids is 1. The minimum Gasteiger partial charge on any atom is -0.384 e. The lowest BCUT2D eigenvalue weighted by Gasteiger charge is -2.03. The summed E-state index contributed by atoms with van der Waals surface area (Å²) in [5, 5.41) is 14.6. The Kier molecular flexibility index (Phi) is 4.13.